The second-order valence-corrected chi connectivity index (χ2v) is 8.03. The Balaban J connectivity index is 1.59. The summed E-state index contributed by atoms with van der Waals surface area (Å²) in [4.78, 5) is 24.7. The largest absolute Gasteiger partial charge is 0.497 e. The molecule has 0 fully saturated rings. The number of aromatic nitrogens is 3. The lowest BCUT2D eigenvalue weighted by molar-refractivity contribution is -0.113. The first-order valence-corrected chi connectivity index (χ1v) is 11.3. The lowest BCUT2D eigenvalue weighted by atomic mass is 10.2. The van der Waals surface area contributed by atoms with E-state index in [-0.39, 0.29) is 17.2 Å². The maximum atomic E-state index is 12.7. The fraction of sp³-hybridized carbons (Fsp3) is 0.120. The number of carbonyl (C=O) groups excluding carboxylic acids is 2. The molecule has 0 aliphatic heterocycles. The summed E-state index contributed by atoms with van der Waals surface area (Å²) < 4.78 is 12.0. The quantitative estimate of drug-likeness (QED) is 0.298. The Bertz CT molecular complexity index is 1310. The number of carbonyl (C=O) groups is 2. The van der Waals surface area contributed by atoms with Gasteiger partial charge in [-0.05, 0) is 36.4 Å². The van der Waals surface area contributed by atoms with Crippen molar-refractivity contribution in [3.05, 3.63) is 84.4 Å². The molecule has 8 nitrogen and oxygen atoms in total. The van der Waals surface area contributed by atoms with Gasteiger partial charge in [0.2, 0.25) is 5.91 Å². The van der Waals surface area contributed by atoms with Crippen molar-refractivity contribution in [3.63, 3.8) is 0 Å². The molecule has 1 aromatic heterocycles. The van der Waals surface area contributed by atoms with Gasteiger partial charge in [0.25, 0.3) is 0 Å². The van der Waals surface area contributed by atoms with Crippen LogP contribution in [0.15, 0.2) is 84.0 Å². The monoisotopic (exact) mass is 474 g/mol. The molecule has 172 valence electrons. The SMILES string of the molecule is COC(=O)c1ccccc1NC(=O)CSc1nnc(-c2cccc(OC)c2)n1-c1ccccc1. The fourth-order valence-corrected chi connectivity index (χ4v) is 4.07. The minimum atomic E-state index is -0.518. The molecule has 1 heterocycles. The van der Waals surface area contributed by atoms with Gasteiger partial charge in [-0.25, -0.2) is 4.79 Å². The second kappa shape index (κ2) is 10.7. The third-order valence-corrected chi connectivity index (χ3v) is 5.84. The number of hydrogen-bond acceptors (Lipinski definition) is 7. The Kier molecular flexibility index (Phi) is 7.24. The number of thioether (sulfide) groups is 1. The number of anilines is 1. The first kappa shape index (κ1) is 23.1. The molecule has 0 radical (unpaired) electrons. The molecule has 4 aromatic rings. The molecule has 3 aromatic carbocycles. The zero-order chi connectivity index (χ0) is 23.9. The molecular weight excluding hydrogens is 452 g/mol. The zero-order valence-corrected chi connectivity index (χ0v) is 19.4. The van der Waals surface area contributed by atoms with E-state index in [1.54, 1.807) is 31.4 Å². The highest BCUT2D eigenvalue weighted by atomic mass is 32.2. The topological polar surface area (TPSA) is 95.3 Å². The number of rotatable bonds is 8. The third-order valence-electron chi connectivity index (χ3n) is 4.91. The lowest BCUT2D eigenvalue weighted by Crippen LogP contribution is -2.17. The number of methoxy groups -OCH3 is 2. The Hall–Kier alpha value is -4.11. The van der Waals surface area contributed by atoms with Gasteiger partial charge < -0.3 is 14.8 Å². The summed E-state index contributed by atoms with van der Waals surface area (Å²) in [6.45, 7) is 0. The molecule has 0 aliphatic carbocycles. The van der Waals surface area contributed by atoms with Gasteiger partial charge in [-0.1, -0.05) is 54.2 Å². The standard InChI is InChI=1S/C25H22N4O4S/c1-32-19-12-8-9-17(15-19)23-27-28-25(29(23)18-10-4-3-5-11-18)34-16-22(30)26-21-14-7-6-13-20(21)24(31)33-2/h3-15H,16H2,1-2H3,(H,26,30). The van der Waals surface area contributed by atoms with Crippen LogP contribution in [-0.4, -0.2) is 46.6 Å². The first-order valence-electron chi connectivity index (χ1n) is 10.4. The molecule has 9 heteroatoms. The van der Waals surface area contributed by atoms with Gasteiger partial charge >= 0.3 is 5.97 Å². The molecule has 0 saturated heterocycles. The highest BCUT2D eigenvalue weighted by Crippen LogP contribution is 2.30. The van der Waals surface area contributed by atoms with Crippen LogP contribution >= 0.6 is 11.8 Å². The van der Waals surface area contributed by atoms with Gasteiger partial charge in [-0.2, -0.15) is 0 Å². The smallest absolute Gasteiger partial charge is 0.339 e. The maximum absolute atomic E-state index is 12.7. The minimum Gasteiger partial charge on any atom is -0.497 e. The number of hydrogen-bond donors (Lipinski definition) is 1. The number of esters is 1. The van der Waals surface area contributed by atoms with Gasteiger partial charge in [0.1, 0.15) is 5.75 Å². The molecule has 34 heavy (non-hydrogen) atoms. The van der Waals surface area contributed by atoms with E-state index in [1.807, 2.05) is 59.2 Å². The van der Waals surface area contributed by atoms with E-state index in [4.69, 9.17) is 9.47 Å². The van der Waals surface area contributed by atoms with Crippen molar-refractivity contribution in [2.24, 2.45) is 0 Å². The van der Waals surface area contributed by atoms with Crippen LogP contribution in [0.5, 0.6) is 5.75 Å². The molecule has 1 amide bonds. The van der Waals surface area contributed by atoms with Crippen molar-refractivity contribution in [2.45, 2.75) is 5.16 Å². The van der Waals surface area contributed by atoms with Crippen molar-refractivity contribution in [1.82, 2.24) is 14.8 Å². The molecule has 0 saturated carbocycles. The number of nitrogens with one attached hydrogen (secondary N) is 1. The molecule has 0 spiro atoms. The van der Waals surface area contributed by atoms with Crippen LogP contribution in [0.3, 0.4) is 0 Å². The highest BCUT2D eigenvalue weighted by molar-refractivity contribution is 7.99. The van der Waals surface area contributed by atoms with E-state index in [0.29, 0.717) is 22.4 Å². The van der Waals surface area contributed by atoms with Crippen LogP contribution in [0, 0.1) is 0 Å². The van der Waals surface area contributed by atoms with Crippen molar-refractivity contribution >= 4 is 29.3 Å². The van der Waals surface area contributed by atoms with Crippen molar-refractivity contribution in [3.8, 4) is 22.8 Å². The molecule has 0 atom stereocenters. The van der Waals surface area contributed by atoms with E-state index < -0.39 is 5.97 Å². The van der Waals surface area contributed by atoms with Crippen LogP contribution in [0.2, 0.25) is 0 Å². The van der Waals surface area contributed by atoms with Crippen LogP contribution in [-0.2, 0) is 9.53 Å². The Morgan fingerprint density at radius 3 is 2.47 bits per heavy atom. The molecule has 4 rings (SSSR count). The van der Waals surface area contributed by atoms with Crippen LogP contribution in [0.1, 0.15) is 10.4 Å². The summed E-state index contributed by atoms with van der Waals surface area (Å²) in [5.74, 6) is 0.600. The van der Waals surface area contributed by atoms with Crippen molar-refractivity contribution in [2.75, 3.05) is 25.3 Å². The fourth-order valence-electron chi connectivity index (χ4n) is 3.32. The van der Waals surface area contributed by atoms with Gasteiger partial charge in [-0.3, -0.25) is 9.36 Å². The molecule has 0 unspecified atom stereocenters. The molecule has 1 N–H and O–H groups in total. The second-order valence-electron chi connectivity index (χ2n) is 7.08. The molecular formula is C25H22N4O4S. The van der Waals surface area contributed by atoms with Gasteiger partial charge in [0.15, 0.2) is 11.0 Å². The maximum Gasteiger partial charge on any atom is 0.339 e. The number of para-hydroxylation sites is 2. The summed E-state index contributed by atoms with van der Waals surface area (Å²) in [5.41, 5.74) is 2.38. The van der Waals surface area contributed by atoms with Gasteiger partial charge in [-0.15, -0.1) is 10.2 Å². The molecule has 0 aliphatic rings. The number of ether oxygens (including phenoxy) is 2. The third kappa shape index (κ3) is 5.10. The summed E-state index contributed by atoms with van der Waals surface area (Å²) in [7, 11) is 2.91. The van der Waals surface area contributed by atoms with E-state index in [9.17, 15) is 9.59 Å². The van der Waals surface area contributed by atoms with E-state index in [1.165, 1.54) is 18.9 Å². The van der Waals surface area contributed by atoms with E-state index in [2.05, 4.69) is 15.5 Å². The summed E-state index contributed by atoms with van der Waals surface area (Å²) in [6, 6.07) is 23.9. The van der Waals surface area contributed by atoms with Crippen LogP contribution in [0.4, 0.5) is 5.69 Å². The highest BCUT2D eigenvalue weighted by Gasteiger charge is 2.19. The normalized spacial score (nSPS) is 10.5. The molecule has 0 bridgehead atoms. The minimum absolute atomic E-state index is 0.0680. The first-order chi connectivity index (χ1) is 16.6. The summed E-state index contributed by atoms with van der Waals surface area (Å²) in [5, 5.41) is 12.1. The number of benzene rings is 3. The number of nitrogens with zero attached hydrogens (tertiary/aromatic N) is 3. The van der Waals surface area contributed by atoms with Gasteiger partial charge in [0.05, 0.1) is 31.2 Å². The Morgan fingerprint density at radius 1 is 0.941 bits per heavy atom. The Morgan fingerprint density at radius 2 is 1.71 bits per heavy atom. The van der Waals surface area contributed by atoms with Crippen LogP contribution < -0.4 is 10.1 Å². The predicted molar refractivity (Wildman–Crippen MR) is 130 cm³/mol. The Labute approximate surface area is 200 Å². The average Bonchev–Trinajstić information content (AvgIpc) is 3.32. The zero-order valence-electron chi connectivity index (χ0n) is 18.6. The summed E-state index contributed by atoms with van der Waals surface area (Å²) >= 11 is 1.24. The lowest BCUT2D eigenvalue weighted by Gasteiger charge is -2.12. The van der Waals surface area contributed by atoms with Crippen molar-refractivity contribution < 1.29 is 19.1 Å². The number of amides is 1. The summed E-state index contributed by atoms with van der Waals surface area (Å²) in [6.07, 6.45) is 0. The van der Waals surface area contributed by atoms with Crippen molar-refractivity contribution in [1.29, 1.82) is 0 Å². The predicted octanol–water partition coefficient (Wildman–Crippen LogP) is 4.46. The van der Waals surface area contributed by atoms with Gasteiger partial charge in [0, 0.05) is 11.3 Å². The van der Waals surface area contributed by atoms with E-state index in [0.717, 1.165) is 11.3 Å². The average molecular weight is 475 g/mol. The van der Waals surface area contributed by atoms with Crippen LogP contribution in [0.25, 0.3) is 17.1 Å². The van der Waals surface area contributed by atoms with E-state index >= 15 is 0 Å².